The Morgan fingerprint density at radius 2 is 1.72 bits per heavy atom. The van der Waals surface area contributed by atoms with Crippen molar-refractivity contribution in [1.29, 1.82) is 0 Å². The average Bonchev–Trinajstić information content (AvgIpc) is 3.33. The Morgan fingerprint density at radius 1 is 1.00 bits per heavy atom. The number of hydrogen-bond acceptors (Lipinski definition) is 5. The van der Waals surface area contributed by atoms with E-state index >= 15 is 0 Å². The summed E-state index contributed by atoms with van der Waals surface area (Å²) in [5.74, 6) is -0.0166. The molecule has 3 heterocycles. The molecule has 0 fully saturated rings. The largest absolute Gasteiger partial charge is 0.493 e. The van der Waals surface area contributed by atoms with Crippen LogP contribution >= 0.6 is 0 Å². The van der Waals surface area contributed by atoms with E-state index in [4.69, 9.17) is 14.8 Å². The number of aliphatic carboxylic acids is 1. The summed E-state index contributed by atoms with van der Waals surface area (Å²) in [4.78, 5) is 16.8. The van der Waals surface area contributed by atoms with E-state index in [1.54, 1.807) is 20.8 Å². The highest BCUT2D eigenvalue weighted by atomic mass is 16.5. The maximum absolute atomic E-state index is 12.0. The molecule has 7 heteroatoms. The standard InChI is InChI=1S/C32H25N3O3.C4H10O/c1-18-13-22-14-20(21-4-7-27-23(15-21)17-34-35(27)2)3-5-24(22)31(26(18)16-29(36)37)25-6-8-28-30-19(10-12-38-28)9-11-33-32(25)30;1-4(2,3)5/h3-9,11,13-15,17H,10,12,16H2,1-2H3,(H,36,37);5H,1-3H3. The zero-order chi connectivity index (χ0) is 30.5. The van der Waals surface area contributed by atoms with E-state index < -0.39 is 11.6 Å². The summed E-state index contributed by atoms with van der Waals surface area (Å²) in [6.45, 7) is 7.88. The van der Waals surface area contributed by atoms with Crippen molar-refractivity contribution in [2.24, 2.45) is 7.05 Å². The Labute approximate surface area is 250 Å². The van der Waals surface area contributed by atoms with Crippen molar-refractivity contribution in [3.05, 3.63) is 89.7 Å². The molecular formula is C36H35N3O4. The van der Waals surface area contributed by atoms with Crippen LogP contribution in [0.2, 0.25) is 0 Å². The highest BCUT2D eigenvalue weighted by molar-refractivity contribution is 6.09. The van der Waals surface area contributed by atoms with Gasteiger partial charge in [0.2, 0.25) is 0 Å². The zero-order valence-electron chi connectivity index (χ0n) is 25.1. The molecular weight excluding hydrogens is 538 g/mol. The number of rotatable bonds is 4. The lowest BCUT2D eigenvalue weighted by Crippen LogP contribution is -2.10. The van der Waals surface area contributed by atoms with E-state index in [-0.39, 0.29) is 6.42 Å². The van der Waals surface area contributed by atoms with Crippen LogP contribution in [0.4, 0.5) is 0 Å². The molecule has 7 nitrogen and oxygen atoms in total. The quantitative estimate of drug-likeness (QED) is 0.230. The molecule has 1 aliphatic heterocycles. The lowest BCUT2D eigenvalue weighted by molar-refractivity contribution is -0.136. The fraction of sp³-hybridized carbons (Fsp3) is 0.250. The van der Waals surface area contributed by atoms with Gasteiger partial charge in [-0.2, -0.15) is 5.10 Å². The van der Waals surface area contributed by atoms with Gasteiger partial charge in [-0.3, -0.25) is 14.5 Å². The molecule has 0 amide bonds. The summed E-state index contributed by atoms with van der Waals surface area (Å²) in [5.41, 5.74) is 8.49. The van der Waals surface area contributed by atoms with Crippen LogP contribution in [0, 0.1) is 6.92 Å². The van der Waals surface area contributed by atoms with Gasteiger partial charge in [-0.15, -0.1) is 0 Å². The molecule has 0 bridgehead atoms. The number of nitrogens with zero attached hydrogens (tertiary/aromatic N) is 3. The van der Waals surface area contributed by atoms with Crippen LogP contribution in [0.1, 0.15) is 37.5 Å². The van der Waals surface area contributed by atoms with Crippen LogP contribution in [-0.4, -0.2) is 43.2 Å². The zero-order valence-corrected chi connectivity index (χ0v) is 25.1. The van der Waals surface area contributed by atoms with E-state index in [0.29, 0.717) is 6.61 Å². The number of ether oxygens (including phenoxy) is 1. The van der Waals surface area contributed by atoms with Crippen LogP contribution in [0.3, 0.4) is 0 Å². The summed E-state index contributed by atoms with van der Waals surface area (Å²) in [5, 5.41) is 26.9. The first-order chi connectivity index (χ1) is 20.5. The van der Waals surface area contributed by atoms with E-state index in [1.165, 1.54) is 5.56 Å². The molecule has 0 spiro atoms. The van der Waals surface area contributed by atoms with Crippen LogP contribution in [-0.2, 0) is 24.7 Å². The minimum atomic E-state index is -0.853. The first-order valence-electron chi connectivity index (χ1n) is 14.4. The van der Waals surface area contributed by atoms with E-state index in [0.717, 1.165) is 78.1 Å². The molecule has 7 rings (SSSR count). The van der Waals surface area contributed by atoms with Crippen molar-refractivity contribution in [2.75, 3.05) is 6.61 Å². The Hall–Kier alpha value is -4.75. The number of carboxylic acid groups (broad SMARTS) is 1. The van der Waals surface area contributed by atoms with Gasteiger partial charge in [-0.1, -0.05) is 24.3 Å². The summed E-state index contributed by atoms with van der Waals surface area (Å²) >= 11 is 0. The van der Waals surface area contributed by atoms with Gasteiger partial charge in [-0.25, -0.2) is 0 Å². The first-order valence-corrected chi connectivity index (χ1v) is 14.4. The highest BCUT2D eigenvalue weighted by Crippen LogP contribution is 2.43. The fourth-order valence-electron chi connectivity index (χ4n) is 5.90. The van der Waals surface area contributed by atoms with Gasteiger partial charge in [0.15, 0.2) is 0 Å². The van der Waals surface area contributed by atoms with Crippen LogP contribution in [0.15, 0.2) is 73.1 Å². The third kappa shape index (κ3) is 5.56. The molecule has 218 valence electrons. The Bertz CT molecular complexity index is 2020. The minimum Gasteiger partial charge on any atom is -0.493 e. The average molecular weight is 574 g/mol. The maximum Gasteiger partial charge on any atom is 0.307 e. The van der Waals surface area contributed by atoms with Crippen molar-refractivity contribution in [3.63, 3.8) is 0 Å². The fourth-order valence-corrected chi connectivity index (χ4v) is 5.90. The minimum absolute atomic E-state index is 0.0596. The number of carbonyl (C=O) groups is 1. The summed E-state index contributed by atoms with van der Waals surface area (Å²) < 4.78 is 7.82. The number of carboxylic acids is 1. The van der Waals surface area contributed by atoms with Gasteiger partial charge < -0.3 is 14.9 Å². The van der Waals surface area contributed by atoms with Crippen LogP contribution in [0.5, 0.6) is 5.75 Å². The molecule has 1 aliphatic rings. The normalized spacial score (nSPS) is 12.7. The second kappa shape index (κ2) is 10.8. The molecule has 43 heavy (non-hydrogen) atoms. The van der Waals surface area contributed by atoms with Gasteiger partial charge >= 0.3 is 5.97 Å². The SMILES string of the molecule is CC(C)(C)O.Cc1cc2cc(-c3ccc4c(cnn4C)c3)ccc2c(-c2ccc3c4c(ccnc24)CCO3)c1CC(=O)O. The second-order valence-electron chi connectivity index (χ2n) is 12.2. The first kappa shape index (κ1) is 28.4. The third-order valence-electron chi connectivity index (χ3n) is 7.72. The van der Waals surface area contributed by atoms with Crippen molar-refractivity contribution >= 4 is 38.5 Å². The number of fused-ring (bicyclic) bond motifs is 2. The van der Waals surface area contributed by atoms with E-state index in [1.807, 2.05) is 43.2 Å². The molecule has 0 unspecified atom stereocenters. The smallest absolute Gasteiger partial charge is 0.307 e. The lowest BCUT2D eigenvalue weighted by atomic mass is 9.86. The van der Waals surface area contributed by atoms with Crippen molar-refractivity contribution in [2.45, 2.75) is 46.1 Å². The lowest BCUT2D eigenvalue weighted by Gasteiger charge is -2.22. The third-order valence-corrected chi connectivity index (χ3v) is 7.72. The predicted molar refractivity (Wildman–Crippen MR) is 172 cm³/mol. The molecule has 0 saturated carbocycles. The van der Waals surface area contributed by atoms with Gasteiger partial charge in [0, 0.05) is 36.0 Å². The predicted octanol–water partition coefficient (Wildman–Crippen LogP) is 7.26. The summed E-state index contributed by atoms with van der Waals surface area (Å²) in [6, 6.07) is 21.0. The molecule has 2 N–H and O–H groups in total. The number of benzene rings is 4. The number of hydrogen-bond donors (Lipinski definition) is 2. The molecule has 6 aromatic rings. The topological polar surface area (TPSA) is 97.5 Å². The summed E-state index contributed by atoms with van der Waals surface area (Å²) in [6.07, 6.45) is 4.50. The van der Waals surface area contributed by atoms with Gasteiger partial charge in [-0.05, 0) is 108 Å². The van der Waals surface area contributed by atoms with Crippen molar-refractivity contribution in [3.8, 4) is 28.0 Å². The maximum atomic E-state index is 12.0. The monoisotopic (exact) mass is 573 g/mol. The number of pyridine rings is 1. The highest BCUT2D eigenvalue weighted by Gasteiger charge is 2.22. The van der Waals surface area contributed by atoms with Gasteiger partial charge in [0.25, 0.3) is 0 Å². The molecule has 0 saturated heterocycles. The molecule has 0 atom stereocenters. The van der Waals surface area contributed by atoms with Crippen molar-refractivity contribution < 1.29 is 19.7 Å². The second-order valence-corrected chi connectivity index (χ2v) is 12.2. The molecule has 0 aliphatic carbocycles. The number of aliphatic hydroxyl groups is 1. The summed E-state index contributed by atoms with van der Waals surface area (Å²) in [7, 11) is 1.94. The Kier molecular flexibility index (Phi) is 7.14. The molecule has 4 aromatic carbocycles. The van der Waals surface area contributed by atoms with Gasteiger partial charge in [0.1, 0.15) is 5.75 Å². The van der Waals surface area contributed by atoms with E-state index in [9.17, 15) is 9.90 Å². The number of aromatic nitrogens is 3. The molecule has 2 aromatic heterocycles. The van der Waals surface area contributed by atoms with Gasteiger partial charge in [0.05, 0.1) is 35.9 Å². The number of aryl methyl sites for hydroxylation is 2. The Balaban J connectivity index is 0.000000611. The molecule has 0 radical (unpaired) electrons. The Morgan fingerprint density at radius 3 is 2.47 bits per heavy atom. The van der Waals surface area contributed by atoms with Crippen LogP contribution < -0.4 is 4.74 Å². The van der Waals surface area contributed by atoms with Crippen molar-refractivity contribution in [1.82, 2.24) is 14.8 Å². The van der Waals surface area contributed by atoms with E-state index in [2.05, 4.69) is 53.6 Å². The van der Waals surface area contributed by atoms with Crippen LogP contribution in [0.25, 0.3) is 54.8 Å².